The average Bonchev–Trinajstić information content (AvgIpc) is 2.48. The minimum absolute atomic E-state index is 0.355. The van der Waals surface area contributed by atoms with Gasteiger partial charge in [0.1, 0.15) is 0 Å². The number of nitrogens with two attached hydrogens (primary N) is 1. The molecule has 0 aromatic heterocycles. The average molecular weight is 274 g/mol. The van der Waals surface area contributed by atoms with E-state index in [-0.39, 0.29) is 0 Å². The van der Waals surface area contributed by atoms with Crippen LogP contribution in [-0.2, 0) is 0 Å². The maximum Gasteiger partial charge on any atom is 0.0253 e. The highest BCUT2D eigenvalue weighted by Gasteiger charge is 2.32. The van der Waals surface area contributed by atoms with E-state index < -0.39 is 0 Å². The predicted molar refractivity (Wildman–Crippen MR) is 87.0 cm³/mol. The minimum atomic E-state index is 0.355. The Labute approximate surface area is 124 Å². The SMILES string of the molecule is CCCN(CCC)C1CC(c2ccccc2)CCC1N. The molecule has 20 heavy (non-hydrogen) atoms. The van der Waals surface area contributed by atoms with Gasteiger partial charge in [-0.2, -0.15) is 0 Å². The zero-order valence-electron chi connectivity index (χ0n) is 13.1. The molecule has 0 bridgehead atoms. The van der Waals surface area contributed by atoms with Gasteiger partial charge in [-0.1, -0.05) is 44.2 Å². The summed E-state index contributed by atoms with van der Waals surface area (Å²) in [5.74, 6) is 0.692. The van der Waals surface area contributed by atoms with E-state index in [1.807, 2.05) is 0 Å². The fourth-order valence-electron chi connectivity index (χ4n) is 3.64. The smallest absolute Gasteiger partial charge is 0.0253 e. The van der Waals surface area contributed by atoms with E-state index in [0.717, 1.165) is 6.42 Å². The highest BCUT2D eigenvalue weighted by atomic mass is 15.2. The lowest BCUT2D eigenvalue weighted by Crippen LogP contribution is -2.51. The quantitative estimate of drug-likeness (QED) is 0.855. The van der Waals surface area contributed by atoms with Gasteiger partial charge in [-0.3, -0.25) is 4.90 Å². The van der Waals surface area contributed by atoms with Gasteiger partial charge < -0.3 is 5.73 Å². The fraction of sp³-hybridized carbons (Fsp3) is 0.667. The molecule has 2 rings (SSSR count). The normalized spacial score (nSPS) is 26.9. The predicted octanol–water partition coefficient (Wildman–Crippen LogP) is 3.77. The standard InChI is InChI=1S/C18H30N2/c1-3-12-20(13-4-2)18-14-16(10-11-17(18)19)15-8-6-5-7-9-15/h5-9,16-18H,3-4,10-14,19H2,1-2H3. The molecule has 2 heteroatoms. The third kappa shape index (κ3) is 3.83. The topological polar surface area (TPSA) is 29.3 Å². The molecule has 1 fully saturated rings. The summed E-state index contributed by atoms with van der Waals surface area (Å²) in [6.07, 6.45) is 6.07. The van der Waals surface area contributed by atoms with E-state index >= 15 is 0 Å². The van der Waals surface area contributed by atoms with Crippen LogP contribution in [-0.4, -0.2) is 30.1 Å². The Hall–Kier alpha value is -0.860. The van der Waals surface area contributed by atoms with Crippen molar-refractivity contribution in [2.75, 3.05) is 13.1 Å². The molecule has 1 aliphatic carbocycles. The molecule has 0 amide bonds. The third-order valence-corrected chi connectivity index (χ3v) is 4.63. The van der Waals surface area contributed by atoms with Crippen LogP contribution in [0.15, 0.2) is 30.3 Å². The first-order chi connectivity index (χ1) is 9.76. The summed E-state index contributed by atoms with van der Waals surface area (Å²) in [6, 6.07) is 11.9. The number of hydrogen-bond donors (Lipinski definition) is 1. The molecule has 0 aliphatic heterocycles. The Bertz CT molecular complexity index is 370. The van der Waals surface area contributed by atoms with Crippen LogP contribution in [0.1, 0.15) is 57.4 Å². The van der Waals surface area contributed by atoms with E-state index in [4.69, 9.17) is 5.73 Å². The molecule has 0 saturated heterocycles. The Balaban J connectivity index is 2.07. The minimum Gasteiger partial charge on any atom is -0.326 e. The fourth-order valence-corrected chi connectivity index (χ4v) is 3.64. The van der Waals surface area contributed by atoms with Gasteiger partial charge in [0.05, 0.1) is 0 Å². The summed E-state index contributed by atoms with van der Waals surface area (Å²) in [5, 5.41) is 0. The van der Waals surface area contributed by atoms with Gasteiger partial charge in [-0.15, -0.1) is 0 Å². The summed E-state index contributed by atoms with van der Waals surface area (Å²) in [4.78, 5) is 2.64. The van der Waals surface area contributed by atoms with Gasteiger partial charge in [0.2, 0.25) is 0 Å². The molecule has 1 aliphatic rings. The molecule has 0 spiro atoms. The van der Waals surface area contributed by atoms with Crippen LogP contribution >= 0.6 is 0 Å². The number of rotatable bonds is 6. The van der Waals surface area contributed by atoms with Gasteiger partial charge >= 0.3 is 0 Å². The first-order valence-electron chi connectivity index (χ1n) is 8.30. The summed E-state index contributed by atoms with van der Waals surface area (Å²) >= 11 is 0. The first kappa shape index (κ1) is 15.5. The van der Waals surface area contributed by atoms with Crippen molar-refractivity contribution >= 4 is 0 Å². The van der Waals surface area contributed by atoms with Crippen molar-refractivity contribution in [3.05, 3.63) is 35.9 Å². The van der Waals surface area contributed by atoms with Crippen LogP contribution in [0.25, 0.3) is 0 Å². The lowest BCUT2D eigenvalue weighted by atomic mass is 9.78. The van der Waals surface area contributed by atoms with Crippen molar-refractivity contribution in [1.82, 2.24) is 4.90 Å². The Kier molecular flexibility index (Phi) is 6.06. The maximum absolute atomic E-state index is 6.44. The highest BCUT2D eigenvalue weighted by Crippen LogP contribution is 2.34. The second kappa shape index (κ2) is 7.80. The Morgan fingerprint density at radius 1 is 1.05 bits per heavy atom. The van der Waals surface area contributed by atoms with Crippen molar-refractivity contribution in [3.63, 3.8) is 0 Å². The van der Waals surface area contributed by atoms with Crippen molar-refractivity contribution in [1.29, 1.82) is 0 Å². The first-order valence-corrected chi connectivity index (χ1v) is 8.30. The van der Waals surface area contributed by atoms with Crippen LogP contribution in [0.4, 0.5) is 0 Å². The van der Waals surface area contributed by atoms with Gasteiger partial charge in [0.25, 0.3) is 0 Å². The van der Waals surface area contributed by atoms with Crippen molar-refractivity contribution < 1.29 is 0 Å². The monoisotopic (exact) mass is 274 g/mol. The lowest BCUT2D eigenvalue weighted by molar-refractivity contribution is 0.128. The van der Waals surface area contributed by atoms with Crippen LogP contribution in [0, 0.1) is 0 Å². The second-order valence-electron chi connectivity index (χ2n) is 6.19. The molecular weight excluding hydrogens is 244 g/mol. The van der Waals surface area contributed by atoms with Crippen LogP contribution in [0.5, 0.6) is 0 Å². The van der Waals surface area contributed by atoms with Crippen LogP contribution < -0.4 is 5.73 Å². The molecule has 2 N–H and O–H groups in total. The van der Waals surface area contributed by atoms with E-state index in [9.17, 15) is 0 Å². The Morgan fingerprint density at radius 2 is 1.70 bits per heavy atom. The third-order valence-electron chi connectivity index (χ3n) is 4.63. The number of nitrogens with zero attached hydrogens (tertiary/aromatic N) is 1. The zero-order valence-corrected chi connectivity index (χ0v) is 13.1. The molecule has 1 aromatic rings. The molecule has 112 valence electrons. The number of hydrogen-bond acceptors (Lipinski definition) is 2. The van der Waals surface area contributed by atoms with Crippen molar-refractivity contribution in [2.45, 2.75) is 64.0 Å². The van der Waals surface area contributed by atoms with E-state index in [1.54, 1.807) is 0 Å². The molecule has 2 nitrogen and oxygen atoms in total. The van der Waals surface area contributed by atoms with E-state index in [0.29, 0.717) is 18.0 Å². The summed E-state index contributed by atoms with van der Waals surface area (Å²) < 4.78 is 0. The van der Waals surface area contributed by atoms with Crippen molar-refractivity contribution in [3.8, 4) is 0 Å². The zero-order chi connectivity index (χ0) is 14.4. The van der Waals surface area contributed by atoms with Crippen LogP contribution in [0.3, 0.4) is 0 Å². The largest absolute Gasteiger partial charge is 0.326 e. The highest BCUT2D eigenvalue weighted by molar-refractivity contribution is 5.21. The molecule has 1 saturated carbocycles. The summed E-state index contributed by atoms with van der Waals surface area (Å²) in [6.45, 7) is 6.92. The Morgan fingerprint density at radius 3 is 2.30 bits per heavy atom. The molecule has 1 aromatic carbocycles. The van der Waals surface area contributed by atoms with Crippen LogP contribution in [0.2, 0.25) is 0 Å². The maximum atomic E-state index is 6.44. The molecule has 0 radical (unpaired) electrons. The molecule has 3 unspecified atom stereocenters. The molecule has 0 heterocycles. The number of benzene rings is 1. The summed E-state index contributed by atoms with van der Waals surface area (Å²) in [7, 11) is 0. The van der Waals surface area contributed by atoms with Gasteiger partial charge in [-0.25, -0.2) is 0 Å². The van der Waals surface area contributed by atoms with Gasteiger partial charge in [0, 0.05) is 12.1 Å². The molecular formula is C18H30N2. The van der Waals surface area contributed by atoms with Crippen molar-refractivity contribution in [2.24, 2.45) is 5.73 Å². The molecule has 3 atom stereocenters. The second-order valence-corrected chi connectivity index (χ2v) is 6.19. The van der Waals surface area contributed by atoms with E-state index in [1.165, 1.54) is 44.3 Å². The lowest BCUT2D eigenvalue weighted by Gasteiger charge is -2.41. The van der Waals surface area contributed by atoms with Gasteiger partial charge in [-0.05, 0) is 56.7 Å². The van der Waals surface area contributed by atoms with E-state index in [2.05, 4.69) is 49.1 Å². The van der Waals surface area contributed by atoms with Gasteiger partial charge in [0.15, 0.2) is 0 Å². The summed E-state index contributed by atoms with van der Waals surface area (Å²) in [5.41, 5.74) is 7.94.